The summed E-state index contributed by atoms with van der Waals surface area (Å²) in [6.45, 7) is 7.70. The van der Waals surface area contributed by atoms with Gasteiger partial charge in [0.25, 0.3) is 5.91 Å². The Bertz CT molecular complexity index is 1200. The maximum absolute atomic E-state index is 13.7. The molecular formula is C28H33N3O5S. The molecule has 0 spiro atoms. The van der Waals surface area contributed by atoms with Crippen molar-refractivity contribution in [3.05, 3.63) is 71.3 Å². The van der Waals surface area contributed by atoms with E-state index in [1.807, 2.05) is 58.0 Å². The number of fused-ring (bicyclic) bond motifs is 3. The molecule has 196 valence electrons. The molecule has 37 heavy (non-hydrogen) atoms. The van der Waals surface area contributed by atoms with E-state index < -0.39 is 40.7 Å². The molecule has 3 amide bonds. The Kier molecular flexibility index (Phi) is 7.64. The average molecular weight is 524 g/mol. The van der Waals surface area contributed by atoms with Crippen molar-refractivity contribution in [2.24, 2.45) is 5.92 Å². The van der Waals surface area contributed by atoms with E-state index in [2.05, 4.69) is 10.6 Å². The van der Waals surface area contributed by atoms with Gasteiger partial charge < -0.3 is 20.6 Å². The summed E-state index contributed by atoms with van der Waals surface area (Å²) in [5, 5.41) is 14.9. The number of thioether (sulfide) groups is 1. The molecule has 2 aromatic carbocycles. The average Bonchev–Trinajstić information content (AvgIpc) is 3.27. The largest absolute Gasteiger partial charge is 0.480 e. The summed E-state index contributed by atoms with van der Waals surface area (Å²) in [6, 6.07) is 13.6. The Morgan fingerprint density at radius 1 is 1.00 bits per heavy atom. The second-order valence-corrected chi connectivity index (χ2v) is 12.3. The highest BCUT2D eigenvalue weighted by atomic mass is 32.2. The molecule has 1 fully saturated rings. The van der Waals surface area contributed by atoms with Crippen LogP contribution in [-0.2, 0) is 20.8 Å². The lowest BCUT2D eigenvalue weighted by atomic mass is 9.98. The van der Waals surface area contributed by atoms with Gasteiger partial charge >= 0.3 is 5.97 Å². The highest BCUT2D eigenvalue weighted by molar-refractivity contribution is 8.01. The van der Waals surface area contributed by atoms with E-state index in [0.717, 1.165) is 11.1 Å². The molecule has 4 rings (SSSR count). The fraction of sp³-hybridized carbons (Fsp3) is 0.429. The van der Waals surface area contributed by atoms with Crippen molar-refractivity contribution in [1.29, 1.82) is 0 Å². The summed E-state index contributed by atoms with van der Waals surface area (Å²) in [7, 11) is 0. The normalized spacial score (nSPS) is 21.2. The SMILES string of the molecule is CC(C)C[C@H](NC(=O)[C@H]1N2C(=O)c3ccccc3[C@@H]2SC1(C)C)C(=O)N[C@@H](Cc1ccccc1)C(=O)O. The van der Waals surface area contributed by atoms with Crippen molar-refractivity contribution in [3.63, 3.8) is 0 Å². The first-order valence-electron chi connectivity index (χ1n) is 12.5. The molecule has 0 aromatic heterocycles. The molecule has 2 aromatic rings. The Hall–Kier alpha value is -3.33. The molecule has 9 heteroatoms. The molecule has 0 unspecified atom stereocenters. The zero-order chi connectivity index (χ0) is 26.9. The molecular weight excluding hydrogens is 490 g/mol. The van der Waals surface area contributed by atoms with Crippen LogP contribution in [0.25, 0.3) is 0 Å². The van der Waals surface area contributed by atoms with E-state index in [-0.39, 0.29) is 23.6 Å². The lowest BCUT2D eigenvalue weighted by Crippen LogP contribution is -2.58. The zero-order valence-corrected chi connectivity index (χ0v) is 22.2. The van der Waals surface area contributed by atoms with Gasteiger partial charge in [0.2, 0.25) is 11.8 Å². The summed E-state index contributed by atoms with van der Waals surface area (Å²) in [5.74, 6) is -2.26. The summed E-state index contributed by atoms with van der Waals surface area (Å²) in [6.07, 6.45) is 0.450. The highest BCUT2D eigenvalue weighted by Crippen LogP contribution is 2.56. The maximum atomic E-state index is 13.7. The van der Waals surface area contributed by atoms with Gasteiger partial charge in [-0.2, -0.15) is 0 Å². The Balaban J connectivity index is 1.53. The van der Waals surface area contributed by atoms with E-state index in [0.29, 0.717) is 12.0 Å². The van der Waals surface area contributed by atoms with E-state index >= 15 is 0 Å². The van der Waals surface area contributed by atoms with E-state index in [1.165, 1.54) is 0 Å². The van der Waals surface area contributed by atoms with Crippen LogP contribution in [0.2, 0.25) is 0 Å². The van der Waals surface area contributed by atoms with Crippen LogP contribution < -0.4 is 10.6 Å². The summed E-state index contributed by atoms with van der Waals surface area (Å²) < 4.78 is -0.590. The molecule has 0 bridgehead atoms. The van der Waals surface area contributed by atoms with Crippen molar-refractivity contribution in [2.45, 2.75) is 68.8 Å². The van der Waals surface area contributed by atoms with Crippen molar-refractivity contribution in [3.8, 4) is 0 Å². The van der Waals surface area contributed by atoms with Gasteiger partial charge in [0.15, 0.2) is 0 Å². The first-order chi connectivity index (χ1) is 17.5. The van der Waals surface area contributed by atoms with Crippen LogP contribution in [0.1, 0.15) is 61.0 Å². The summed E-state index contributed by atoms with van der Waals surface area (Å²) >= 11 is 1.55. The number of carbonyl (C=O) groups excluding carboxylic acids is 3. The van der Waals surface area contributed by atoms with E-state index in [1.54, 1.807) is 40.9 Å². The zero-order valence-electron chi connectivity index (χ0n) is 21.4. The lowest BCUT2D eigenvalue weighted by Gasteiger charge is -2.31. The van der Waals surface area contributed by atoms with Crippen molar-refractivity contribution < 1.29 is 24.3 Å². The summed E-state index contributed by atoms with van der Waals surface area (Å²) in [4.78, 5) is 53.8. The number of hydrogen-bond donors (Lipinski definition) is 3. The van der Waals surface area contributed by atoms with Crippen LogP contribution in [0.15, 0.2) is 54.6 Å². The predicted octanol–water partition coefficient (Wildman–Crippen LogP) is 3.38. The molecule has 1 saturated heterocycles. The van der Waals surface area contributed by atoms with Crippen molar-refractivity contribution in [2.75, 3.05) is 0 Å². The number of aliphatic carboxylic acids is 1. The quantitative estimate of drug-likeness (QED) is 0.464. The minimum atomic E-state index is -1.15. The molecule has 2 heterocycles. The number of benzene rings is 2. The fourth-order valence-electron chi connectivity index (χ4n) is 5.08. The van der Waals surface area contributed by atoms with Crippen LogP contribution in [0.4, 0.5) is 0 Å². The van der Waals surface area contributed by atoms with Crippen LogP contribution in [-0.4, -0.2) is 56.6 Å². The van der Waals surface area contributed by atoms with Gasteiger partial charge in [-0.15, -0.1) is 11.8 Å². The van der Waals surface area contributed by atoms with Crippen LogP contribution in [0.5, 0.6) is 0 Å². The second kappa shape index (κ2) is 10.6. The monoisotopic (exact) mass is 523 g/mol. The molecule has 3 N–H and O–H groups in total. The molecule has 0 aliphatic carbocycles. The van der Waals surface area contributed by atoms with Gasteiger partial charge in [-0.3, -0.25) is 14.4 Å². The minimum Gasteiger partial charge on any atom is -0.480 e. The Morgan fingerprint density at radius 3 is 2.30 bits per heavy atom. The van der Waals surface area contributed by atoms with Crippen LogP contribution in [0.3, 0.4) is 0 Å². The van der Waals surface area contributed by atoms with E-state index in [9.17, 15) is 24.3 Å². The van der Waals surface area contributed by atoms with Gasteiger partial charge in [-0.05, 0) is 43.4 Å². The Morgan fingerprint density at radius 2 is 1.65 bits per heavy atom. The predicted molar refractivity (Wildman–Crippen MR) is 142 cm³/mol. The number of hydrogen-bond acceptors (Lipinski definition) is 5. The molecule has 4 atom stereocenters. The second-order valence-electron chi connectivity index (χ2n) is 10.6. The smallest absolute Gasteiger partial charge is 0.326 e. The minimum absolute atomic E-state index is 0.0600. The number of nitrogens with one attached hydrogen (secondary N) is 2. The molecule has 0 radical (unpaired) electrons. The molecule has 8 nitrogen and oxygen atoms in total. The van der Waals surface area contributed by atoms with Crippen molar-refractivity contribution >= 4 is 35.5 Å². The number of carboxylic acid groups (broad SMARTS) is 1. The number of nitrogens with zero attached hydrogens (tertiary/aromatic N) is 1. The molecule has 2 aliphatic heterocycles. The van der Waals surface area contributed by atoms with Gasteiger partial charge in [0, 0.05) is 16.7 Å². The van der Waals surface area contributed by atoms with Gasteiger partial charge in [0.05, 0.1) is 0 Å². The number of carboxylic acids is 1. The third-order valence-electron chi connectivity index (χ3n) is 6.78. The number of carbonyl (C=O) groups is 4. The fourth-order valence-corrected chi connectivity index (χ4v) is 6.67. The Labute approximate surface area is 221 Å². The number of amides is 3. The highest BCUT2D eigenvalue weighted by Gasteiger charge is 2.57. The lowest BCUT2D eigenvalue weighted by molar-refractivity contribution is -0.142. The first-order valence-corrected chi connectivity index (χ1v) is 13.3. The van der Waals surface area contributed by atoms with Gasteiger partial charge in [-0.1, -0.05) is 62.4 Å². The van der Waals surface area contributed by atoms with Gasteiger partial charge in [-0.25, -0.2) is 4.79 Å². The maximum Gasteiger partial charge on any atom is 0.326 e. The third-order valence-corrected chi connectivity index (χ3v) is 8.32. The standard InChI is InChI=1S/C28H33N3O5S/c1-16(2)14-20(23(32)30-21(27(35)36)15-17-10-6-5-7-11-17)29-24(33)22-28(3,4)37-26-19-13-9-8-12-18(19)25(34)31(22)26/h5-13,16,20-22,26H,14-15H2,1-4H3,(H,29,33)(H,30,32)(H,35,36)/t20-,21-,22+,26-/m0/s1. The van der Waals surface area contributed by atoms with E-state index in [4.69, 9.17) is 0 Å². The molecule has 0 saturated carbocycles. The first kappa shape index (κ1) is 26.7. The van der Waals surface area contributed by atoms with Gasteiger partial charge in [0.1, 0.15) is 23.5 Å². The third kappa shape index (κ3) is 5.51. The summed E-state index contributed by atoms with van der Waals surface area (Å²) in [5.41, 5.74) is 2.26. The van der Waals surface area contributed by atoms with Crippen LogP contribution >= 0.6 is 11.8 Å². The van der Waals surface area contributed by atoms with Crippen LogP contribution in [0, 0.1) is 5.92 Å². The number of rotatable bonds is 9. The molecule has 2 aliphatic rings. The van der Waals surface area contributed by atoms with Crippen molar-refractivity contribution in [1.82, 2.24) is 15.5 Å². The topological polar surface area (TPSA) is 116 Å².